The summed E-state index contributed by atoms with van der Waals surface area (Å²) in [5.41, 5.74) is 5.95. The molecule has 2 heterocycles. The van der Waals surface area contributed by atoms with Crippen LogP contribution in [0.15, 0.2) is 18.3 Å². The third-order valence-corrected chi connectivity index (χ3v) is 8.19. The van der Waals surface area contributed by atoms with Crippen LogP contribution in [0, 0.1) is 40.4 Å². The van der Waals surface area contributed by atoms with E-state index in [0.29, 0.717) is 35.7 Å². The van der Waals surface area contributed by atoms with Crippen molar-refractivity contribution in [1.82, 2.24) is 9.88 Å². The van der Waals surface area contributed by atoms with Crippen molar-refractivity contribution in [1.29, 1.82) is 5.26 Å². The van der Waals surface area contributed by atoms with Gasteiger partial charge in [-0.3, -0.25) is 4.79 Å². The zero-order valence-corrected chi connectivity index (χ0v) is 16.8. The maximum atomic E-state index is 12.3. The Balaban J connectivity index is 1.43. The first kappa shape index (κ1) is 19.2. The molecule has 7 atom stereocenters. The molecule has 1 aromatic heterocycles. The van der Waals surface area contributed by atoms with E-state index < -0.39 is 6.09 Å². The van der Waals surface area contributed by atoms with Crippen LogP contribution in [0.5, 0.6) is 0 Å². The van der Waals surface area contributed by atoms with Crippen LogP contribution in [0.2, 0.25) is 0 Å². The number of likely N-dealkylation sites (tertiary alicyclic amines) is 1. The van der Waals surface area contributed by atoms with Crippen LogP contribution in [0.1, 0.15) is 44.1 Å². The van der Waals surface area contributed by atoms with Gasteiger partial charge in [-0.1, -0.05) is 0 Å². The quantitative estimate of drug-likeness (QED) is 0.699. The van der Waals surface area contributed by atoms with E-state index >= 15 is 0 Å². The number of carbonyl (C=O) groups excluding carboxylic acids is 1. The second-order valence-corrected chi connectivity index (χ2v) is 9.74. The fraction of sp³-hybridized carbons (Fsp3) is 0.636. The molecule has 158 valence electrons. The Bertz CT molecular complexity index is 894. The molecule has 4 aliphatic carbocycles. The number of aromatic nitrogens is 1. The van der Waals surface area contributed by atoms with Crippen LogP contribution in [-0.4, -0.2) is 45.6 Å². The molecule has 8 heteroatoms. The van der Waals surface area contributed by atoms with Gasteiger partial charge in [-0.25, -0.2) is 9.78 Å². The summed E-state index contributed by atoms with van der Waals surface area (Å²) in [5.74, 6) is 1.95. The van der Waals surface area contributed by atoms with Gasteiger partial charge in [0.15, 0.2) is 0 Å². The second-order valence-electron chi connectivity index (χ2n) is 9.74. The van der Waals surface area contributed by atoms with Gasteiger partial charge < -0.3 is 21.1 Å². The summed E-state index contributed by atoms with van der Waals surface area (Å²) in [7, 11) is 0. The van der Waals surface area contributed by atoms with Gasteiger partial charge in [0, 0.05) is 18.2 Å². The lowest BCUT2D eigenvalue weighted by Crippen LogP contribution is -2.61. The summed E-state index contributed by atoms with van der Waals surface area (Å²) in [5, 5.41) is 22.3. The van der Waals surface area contributed by atoms with Crippen molar-refractivity contribution in [3.05, 3.63) is 23.9 Å². The Kier molecular flexibility index (Phi) is 4.38. The summed E-state index contributed by atoms with van der Waals surface area (Å²) in [6.07, 6.45) is 6.02. The molecule has 1 aromatic rings. The Labute approximate surface area is 175 Å². The standard InChI is InChI=1S/C22H27N5O3/c23-10-12-1-2-17(25-11-12)26-16-3-4-27(21(29)30)19(16)18-14-5-13-6-15(18)9-22(7-13,8-14)20(24)28/h1-2,11,13-16,18-19H,3-9H2,(H2,24,28)(H,25,26)(H,29,30)/t13?,14-,15?,16?,18?,19-,22-/m0/s1. The van der Waals surface area contributed by atoms with Crippen molar-refractivity contribution in [2.24, 2.45) is 34.8 Å². The summed E-state index contributed by atoms with van der Waals surface area (Å²) < 4.78 is 0. The number of primary amides is 1. The molecular weight excluding hydrogens is 382 g/mol. The van der Waals surface area contributed by atoms with E-state index in [0.717, 1.165) is 38.5 Å². The van der Waals surface area contributed by atoms with E-state index in [9.17, 15) is 14.7 Å². The summed E-state index contributed by atoms with van der Waals surface area (Å²) in [6.45, 7) is 0.494. The molecule has 1 saturated heterocycles. The van der Waals surface area contributed by atoms with Crippen LogP contribution in [0.25, 0.3) is 0 Å². The van der Waals surface area contributed by atoms with Gasteiger partial charge in [0.25, 0.3) is 0 Å². The van der Waals surface area contributed by atoms with E-state index in [2.05, 4.69) is 16.4 Å². The highest BCUT2D eigenvalue weighted by Gasteiger charge is 2.61. The molecule has 30 heavy (non-hydrogen) atoms. The van der Waals surface area contributed by atoms with E-state index in [1.165, 1.54) is 6.20 Å². The minimum Gasteiger partial charge on any atom is -0.465 e. The van der Waals surface area contributed by atoms with Crippen LogP contribution < -0.4 is 11.1 Å². The number of carboxylic acid groups (broad SMARTS) is 1. The molecule has 4 unspecified atom stereocenters. The highest BCUT2D eigenvalue weighted by atomic mass is 16.4. The number of nitriles is 1. The minimum atomic E-state index is -0.879. The predicted molar refractivity (Wildman–Crippen MR) is 108 cm³/mol. The topological polar surface area (TPSA) is 132 Å². The highest BCUT2D eigenvalue weighted by Crippen LogP contribution is 2.63. The molecule has 4 N–H and O–H groups in total. The Morgan fingerprint density at radius 2 is 2.00 bits per heavy atom. The maximum absolute atomic E-state index is 12.3. The zero-order valence-electron chi connectivity index (χ0n) is 16.8. The van der Waals surface area contributed by atoms with Crippen molar-refractivity contribution >= 4 is 17.8 Å². The first-order chi connectivity index (χ1) is 14.4. The van der Waals surface area contributed by atoms with Gasteiger partial charge in [0.2, 0.25) is 5.91 Å². The fourth-order valence-electron chi connectivity index (χ4n) is 7.33. The number of nitrogens with two attached hydrogens (primary N) is 1. The van der Waals surface area contributed by atoms with Crippen molar-refractivity contribution < 1.29 is 14.7 Å². The van der Waals surface area contributed by atoms with Crippen LogP contribution in [-0.2, 0) is 4.79 Å². The zero-order chi connectivity index (χ0) is 21.0. The molecule has 8 nitrogen and oxygen atoms in total. The third kappa shape index (κ3) is 2.91. The van der Waals surface area contributed by atoms with Crippen LogP contribution in [0.4, 0.5) is 10.6 Å². The van der Waals surface area contributed by atoms with E-state index in [1.54, 1.807) is 17.0 Å². The maximum Gasteiger partial charge on any atom is 0.407 e. The normalized spacial score (nSPS) is 39.0. The molecule has 2 amide bonds. The number of amides is 2. The summed E-state index contributed by atoms with van der Waals surface area (Å²) >= 11 is 0. The summed E-state index contributed by atoms with van der Waals surface area (Å²) in [6, 6.07) is 5.38. The summed E-state index contributed by atoms with van der Waals surface area (Å²) in [4.78, 5) is 30.3. The van der Waals surface area contributed by atoms with E-state index in [-0.39, 0.29) is 29.3 Å². The number of carbonyl (C=O) groups is 2. The van der Waals surface area contributed by atoms with Crippen molar-refractivity contribution in [2.75, 3.05) is 11.9 Å². The van der Waals surface area contributed by atoms with Crippen LogP contribution >= 0.6 is 0 Å². The van der Waals surface area contributed by atoms with E-state index in [1.807, 2.05) is 0 Å². The lowest BCUT2D eigenvalue weighted by molar-refractivity contribution is -0.154. The number of hydrogen-bond donors (Lipinski definition) is 3. The first-order valence-corrected chi connectivity index (χ1v) is 10.8. The van der Waals surface area contributed by atoms with Gasteiger partial charge in [-0.2, -0.15) is 5.26 Å². The van der Waals surface area contributed by atoms with Gasteiger partial charge in [-0.15, -0.1) is 0 Å². The average molecular weight is 409 g/mol. The molecule has 0 aromatic carbocycles. The smallest absolute Gasteiger partial charge is 0.407 e. The molecule has 4 saturated carbocycles. The number of pyridine rings is 1. The Morgan fingerprint density at radius 1 is 1.27 bits per heavy atom. The lowest BCUT2D eigenvalue weighted by Gasteiger charge is -2.61. The highest BCUT2D eigenvalue weighted by molar-refractivity contribution is 5.81. The van der Waals surface area contributed by atoms with Crippen molar-refractivity contribution in [3.63, 3.8) is 0 Å². The minimum absolute atomic E-state index is 0.0337. The van der Waals surface area contributed by atoms with Gasteiger partial charge in [0.05, 0.1) is 17.6 Å². The van der Waals surface area contributed by atoms with E-state index in [4.69, 9.17) is 11.0 Å². The number of hydrogen-bond acceptors (Lipinski definition) is 5. The molecular formula is C22H27N5O3. The lowest BCUT2D eigenvalue weighted by atomic mass is 9.44. The number of nitrogens with one attached hydrogen (secondary N) is 1. The number of nitrogens with zero attached hydrogens (tertiary/aromatic N) is 3. The molecule has 5 fully saturated rings. The molecule has 0 radical (unpaired) electrons. The molecule has 4 bridgehead atoms. The largest absolute Gasteiger partial charge is 0.465 e. The van der Waals surface area contributed by atoms with Crippen LogP contribution in [0.3, 0.4) is 0 Å². The average Bonchev–Trinajstić information content (AvgIpc) is 3.11. The number of rotatable bonds is 4. The molecule has 0 spiro atoms. The molecule has 1 aliphatic heterocycles. The van der Waals surface area contributed by atoms with Gasteiger partial charge >= 0.3 is 6.09 Å². The second kappa shape index (κ2) is 6.86. The van der Waals surface area contributed by atoms with Crippen molar-refractivity contribution in [2.45, 2.75) is 50.6 Å². The third-order valence-electron chi connectivity index (χ3n) is 8.19. The predicted octanol–water partition coefficient (Wildman–Crippen LogP) is 2.41. The van der Waals surface area contributed by atoms with Gasteiger partial charge in [-0.05, 0) is 74.3 Å². The SMILES string of the molecule is N#Cc1ccc(NC2CCN(C(=O)O)[C@@H]2C2C3CC4C[C@H]2C[C@@](C(N)=O)(C4)C3)nc1. The monoisotopic (exact) mass is 409 g/mol. The van der Waals surface area contributed by atoms with Crippen molar-refractivity contribution in [3.8, 4) is 6.07 Å². The first-order valence-electron chi connectivity index (χ1n) is 10.8. The van der Waals surface area contributed by atoms with Gasteiger partial charge in [0.1, 0.15) is 11.9 Å². The Hall–Kier alpha value is -2.82. The molecule has 6 rings (SSSR count). The number of anilines is 1. The fourth-order valence-corrected chi connectivity index (χ4v) is 7.33. The Morgan fingerprint density at radius 3 is 2.57 bits per heavy atom. The molecule has 5 aliphatic rings.